The Balaban J connectivity index is 1.21. The summed E-state index contributed by atoms with van der Waals surface area (Å²) in [5.41, 5.74) is 1.47. The fourth-order valence-corrected chi connectivity index (χ4v) is 8.62. The third-order valence-corrected chi connectivity index (χ3v) is 10.8. The maximum Gasteiger partial charge on any atom is 0.319 e. The van der Waals surface area contributed by atoms with Crippen LogP contribution >= 0.6 is 11.6 Å². The van der Waals surface area contributed by atoms with E-state index in [-0.39, 0.29) is 29.4 Å². The highest BCUT2D eigenvalue weighted by Gasteiger charge is 2.52. The third kappa shape index (κ3) is 4.30. The van der Waals surface area contributed by atoms with Gasteiger partial charge in [0, 0.05) is 69.1 Å². The number of pyridine rings is 1. The van der Waals surface area contributed by atoms with Crippen LogP contribution in [0.3, 0.4) is 0 Å². The molecular formula is C34H32ClF2N5O2. The molecule has 1 saturated carbocycles. The van der Waals surface area contributed by atoms with Crippen molar-refractivity contribution in [1.82, 2.24) is 19.9 Å². The number of carbonyl (C=O) groups is 1. The van der Waals surface area contributed by atoms with Crippen LogP contribution in [0.4, 0.5) is 14.6 Å². The van der Waals surface area contributed by atoms with Crippen molar-refractivity contribution in [2.45, 2.75) is 50.1 Å². The Morgan fingerprint density at radius 3 is 2.73 bits per heavy atom. The molecule has 5 heterocycles. The summed E-state index contributed by atoms with van der Waals surface area (Å²) >= 11 is 6.59. The number of fused-ring (bicyclic) bond motifs is 4. The Morgan fingerprint density at radius 1 is 1.11 bits per heavy atom. The van der Waals surface area contributed by atoms with Crippen molar-refractivity contribution in [3.8, 4) is 17.1 Å². The molecule has 1 unspecified atom stereocenters. The van der Waals surface area contributed by atoms with Gasteiger partial charge in [-0.25, -0.2) is 8.78 Å². The first-order valence-corrected chi connectivity index (χ1v) is 15.8. The smallest absolute Gasteiger partial charge is 0.319 e. The van der Waals surface area contributed by atoms with Gasteiger partial charge in [0.25, 0.3) is 0 Å². The van der Waals surface area contributed by atoms with Gasteiger partial charge in [0.1, 0.15) is 18.2 Å². The van der Waals surface area contributed by atoms with Crippen molar-refractivity contribution in [1.29, 1.82) is 0 Å². The summed E-state index contributed by atoms with van der Waals surface area (Å²) in [6.07, 6.45) is 9.12. The summed E-state index contributed by atoms with van der Waals surface area (Å²) in [4.78, 5) is 31.1. The molecule has 8 rings (SSSR count). The molecule has 3 aliphatic heterocycles. The highest BCUT2D eigenvalue weighted by atomic mass is 35.5. The molecule has 2 aromatic carbocycles. The third-order valence-electron chi connectivity index (χ3n) is 10.5. The lowest BCUT2D eigenvalue weighted by Gasteiger charge is -2.47. The highest BCUT2D eigenvalue weighted by molar-refractivity contribution is 6.36. The first-order valence-electron chi connectivity index (χ1n) is 15.4. The molecule has 0 bridgehead atoms. The molecule has 0 radical (unpaired) electrons. The number of carbonyl (C=O) groups excluding carboxylic acids is 1. The van der Waals surface area contributed by atoms with Gasteiger partial charge in [0.15, 0.2) is 11.6 Å². The average Bonchev–Trinajstić information content (AvgIpc) is 3.68. The van der Waals surface area contributed by atoms with E-state index in [1.54, 1.807) is 24.5 Å². The molecule has 1 aliphatic carbocycles. The van der Waals surface area contributed by atoms with Crippen molar-refractivity contribution in [3.63, 3.8) is 0 Å². The molecule has 4 aromatic rings. The SMILES string of the molecule is C=C(F)C(=O)C1CC[C@@H]2[C@H]1CN2c1nc(OCC23CCCN2CCC3)nc2cc(-c3cncc4cccc(Cl)c34)c(F)cc12. The number of Topliss-reactive ketones (excluding diaryl/α,β-unsaturated/α-hetero) is 1. The predicted molar refractivity (Wildman–Crippen MR) is 166 cm³/mol. The minimum atomic E-state index is -0.887. The second-order valence-corrected chi connectivity index (χ2v) is 13.2. The second-order valence-electron chi connectivity index (χ2n) is 12.7. The van der Waals surface area contributed by atoms with Crippen molar-refractivity contribution in [2.24, 2.45) is 11.8 Å². The summed E-state index contributed by atoms with van der Waals surface area (Å²) < 4.78 is 36.2. The van der Waals surface area contributed by atoms with Crippen molar-refractivity contribution >= 4 is 44.9 Å². The molecule has 0 amide bonds. The van der Waals surface area contributed by atoms with Crippen LogP contribution in [0, 0.1) is 17.7 Å². The van der Waals surface area contributed by atoms with Crippen LogP contribution in [-0.4, -0.2) is 63.5 Å². The number of nitrogens with zero attached hydrogens (tertiary/aromatic N) is 5. The molecule has 10 heteroatoms. The number of ketones is 1. The zero-order valence-corrected chi connectivity index (χ0v) is 25.0. The Labute approximate surface area is 258 Å². The lowest BCUT2D eigenvalue weighted by atomic mass is 9.82. The first-order chi connectivity index (χ1) is 21.3. The zero-order valence-electron chi connectivity index (χ0n) is 24.2. The largest absolute Gasteiger partial charge is 0.461 e. The summed E-state index contributed by atoms with van der Waals surface area (Å²) in [6.45, 7) is 6.41. The first kappa shape index (κ1) is 27.8. The second kappa shape index (κ2) is 10.4. The van der Waals surface area contributed by atoms with E-state index in [2.05, 4.69) is 21.4 Å². The van der Waals surface area contributed by atoms with Gasteiger partial charge in [-0.2, -0.15) is 9.97 Å². The van der Waals surface area contributed by atoms with Gasteiger partial charge >= 0.3 is 6.01 Å². The monoisotopic (exact) mass is 615 g/mol. The van der Waals surface area contributed by atoms with Crippen LogP contribution in [-0.2, 0) is 4.79 Å². The molecule has 226 valence electrons. The molecule has 4 fully saturated rings. The maximum atomic E-state index is 16.1. The van der Waals surface area contributed by atoms with Gasteiger partial charge < -0.3 is 9.64 Å². The van der Waals surface area contributed by atoms with Gasteiger partial charge in [-0.1, -0.05) is 30.3 Å². The lowest BCUT2D eigenvalue weighted by Crippen LogP contribution is -2.56. The molecule has 4 aliphatic rings. The van der Waals surface area contributed by atoms with E-state index < -0.39 is 17.4 Å². The van der Waals surface area contributed by atoms with E-state index >= 15 is 4.39 Å². The standard InChI is InChI=1S/C34H32ClF2N5O2/c1-19(36)31(43)21-7-8-29-25(21)17-42(29)32-23-13-27(37)22(24-16-38-15-20-5-2-6-26(35)30(20)24)14-28(23)39-33(40-32)44-18-34-9-3-11-41(34)12-4-10-34/h2,5-6,13-16,21,25,29H,1,3-4,7-12,17-18H2/t21?,25-,29+/m0/s1. The van der Waals surface area contributed by atoms with E-state index in [0.717, 1.165) is 56.0 Å². The molecule has 0 N–H and O–H groups in total. The van der Waals surface area contributed by atoms with Crippen LogP contribution in [0.25, 0.3) is 32.8 Å². The lowest BCUT2D eigenvalue weighted by molar-refractivity contribution is -0.122. The Bertz CT molecular complexity index is 1830. The maximum absolute atomic E-state index is 16.1. The average molecular weight is 616 g/mol. The number of hydrogen-bond donors (Lipinski definition) is 0. The van der Waals surface area contributed by atoms with Gasteiger partial charge in [-0.3, -0.25) is 14.7 Å². The van der Waals surface area contributed by atoms with Crippen LogP contribution < -0.4 is 9.64 Å². The Morgan fingerprint density at radius 2 is 1.93 bits per heavy atom. The van der Waals surface area contributed by atoms with Gasteiger partial charge in [-0.15, -0.1) is 0 Å². The van der Waals surface area contributed by atoms with Crippen LogP contribution in [0.5, 0.6) is 6.01 Å². The molecular weight excluding hydrogens is 584 g/mol. The number of ether oxygens (including phenoxy) is 1. The minimum absolute atomic E-state index is 0.00169. The molecule has 0 spiro atoms. The fraction of sp³-hybridized carbons (Fsp3) is 0.412. The topological polar surface area (TPSA) is 71.5 Å². The Kier molecular flexibility index (Phi) is 6.61. The van der Waals surface area contributed by atoms with Gasteiger partial charge in [0.2, 0.25) is 0 Å². The summed E-state index contributed by atoms with van der Waals surface area (Å²) in [6, 6.07) is 8.97. The van der Waals surface area contributed by atoms with Gasteiger partial charge in [0.05, 0.1) is 11.1 Å². The minimum Gasteiger partial charge on any atom is -0.461 e. The van der Waals surface area contributed by atoms with E-state index in [1.165, 1.54) is 6.07 Å². The number of rotatable bonds is 7. The molecule has 3 atom stereocenters. The van der Waals surface area contributed by atoms with E-state index in [9.17, 15) is 9.18 Å². The number of anilines is 1. The molecule has 3 saturated heterocycles. The quantitative estimate of drug-likeness (QED) is 0.209. The number of aromatic nitrogens is 3. The van der Waals surface area contributed by atoms with E-state index in [1.807, 2.05) is 12.1 Å². The number of allylic oxidation sites excluding steroid dienone is 1. The summed E-state index contributed by atoms with van der Waals surface area (Å²) in [5, 5.41) is 2.60. The molecule has 44 heavy (non-hydrogen) atoms. The molecule has 2 aromatic heterocycles. The highest BCUT2D eigenvalue weighted by Crippen LogP contribution is 2.48. The van der Waals surface area contributed by atoms with Crippen molar-refractivity contribution < 1.29 is 18.3 Å². The van der Waals surface area contributed by atoms with Crippen molar-refractivity contribution in [2.75, 3.05) is 31.1 Å². The summed E-state index contributed by atoms with van der Waals surface area (Å²) in [5.74, 6) is -1.65. The zero-order chi connectivity index (χ0) is 30.2. The predicted octanol–water partition coefficient (Wildman–Crippen LogP) is 6.91. The van der Waals surface area contributed by atoms with Crippen molar-refractivity contribution in [3.05, 3.63) is 66.0 Å². The number of hydrogen-bond acceptors (Lipinski definition) is 7. The van der Waals surface area contributed by atoms with Crippen LogP contribution in [0.2, 0.25) is 5.02 Å². The molecule has 7 nitrogen and oxygen atoms in total. The van der Waals surface area contributed by atoms with Crippen LogP contribution in [0.1, 0.15) is 38.5 Å². The Hall–Kier alpha value is -3.69. The summed E-state index contributed by atoms with van der Waals surface area (Å²) in [7, 11) is 0. The van der Waals surface area contributed by atoms with Gasteiger partial charge in [-0.05, 0) is 69.8 Å². The van der Waals surface area contributed by atoms with Crippen LogP contribution in [0.15, 0.2) is 55.1 Å². The van der Waals surface area contributed by atoms with E-state index in [0.29, 0.717) is 52.4 Å². The number of halogens is 3. The number of benzene rings is 2. The normalized spacial score (nSPS) is 24.0. The van der Waals surface area contributed by atoms with E-state index in [4.69, 9.17) is 26.3 Å². The fourth-order valence-electron chi connectivity index (χ4n) is 8.33.